The first-order valence-electron chi connectivity index (χ1n) is 3.21. The number of nitrogens with one attached hydrogen (secondary N) is 2. The fraction of sp³-hybridized carbons (Fsp3) is 0.833. The van der Waals surface area contributed by atoms with Crippen molar-refractivity contribution in [2.24, 2.45) is 5.92 Å². The van der Waals surface area contributed by atoms with Gasteiger partial charge in [0.05, 0.1) is 5.84 Å². The maximum Gasteiger partial charge on any atom is 0.0969 e. The van der Waals surface area contributed by atoms with Crippen LogP contribution in [0.5, 0.6) is 0 Å². The average Bonchev–Trinajstić information content (AvgIpc) is 1.99. The third-order valence-corrected chi connectivity index (χ3v) is 2.65. The second-order valence-corrected chi connectivity index (χ2v) is 3.47. The minimum atomic E-state index is 0. The van der Waals surface area contributed by atoms with Crippen LogP contribution in [0.25, 0.3) is 0 Å². The number of thioether (sulfide) groups is 1. The molecule has 1 fully saturated rings. The van der Waals surface area contributed by atoms with Crippen LogP contribution in [0.3, 0.4) is 0 Å². The summed E-state index contributed by atoms with van der Waals surface area (Å²) in [6, 6.07) is 0. The lowest BCUT2D eigenvalue weighted by molar-refractivity contribution is 0.826. The summed E-state index contributed by atoms with van der Waals surface area (Å²) in [5, 5.41) is 10.5. The van der Waals surface area contributed by atoms with Gasteiger partial charge in [-0.15, -0.1) is 12.4 Å². The fourth-order valence-electron chi connectivity index (χ4n) is 0.776. The van der Waals surface area contributed by atoms with E-state index in [4.69, 9.17) is 5.41 Å². The molecule has 0 aromatic carbocycles. The molecule has 10 heavy (non-hydrogen) atoms. The molecule has 4 heteroatoms. The van der Waals surface area contributed by atoms with Gasteiger partial charge in [-0.1, -0.05) is 6.92 Å². The second kappa shape index (κ2) is 4.85. The Hall–Kier alpha value is 0.110. The van der Waals surface area contributed by atoms with Crippen LogP contribution in [0.15, 0.2) is 0 Å². The van der Waals surface area contributed by atoms with Crippen LogP contribution in [0.4, 0.5) is 0 Å². The zero-order valence-electron chi connectivity index (χ0n) is 6.02. The van der Waals surface area contributed by atoms with Crippen molar-refractivity contribution in [2.75, 3.05) is 18.1 Å². The molecule has 0 radical (unpaired) electrons. The normalized spacial score (nSPS) is 26.1. The van der Waals surface area contributed by atoms with Crippen LogP contribution in [0.1, 0.15) is 6.92 Å². The molecule has 1 heterocycles. The highest BCUT2D eigenvalue weighted by Gasteiger charge is 2.10. The zero-order valence-corrected chi connectivity index (χ0v) is 7.65. The Labute approximate surface area is 72.1 Å². The molecule has 2 nitrogen and oxygen atoms in total. The Morgan fingerprint density at radius 2 is 2.40 bits per heavy atom. The van der Waals surface area contributed by atoms with Crippen molar-refractivity contribution >= 4 is 30.0 Å². The highest BCUT2D eigenvalue weighted by atomic mass is 35.5. The van der Waals surface area contributed by atoms with Crippen LogP contribution < -0.4 is 5.32 Å². The van der Waals surface area contributed by atoms with Crippen molar-refractivity contribution in [1.82, 2.24) is 5.32 Å². The van der Waals surface area contributed by atoms with Crippen LogP contribution in [0, 0.1) is 11.3 Å². The topological polar surface area (TPSA) is 35.9 Å². The van der Waals surface area contributed by atoms with E-state index in [1.54, 1.807) is 0 Å². The summed E-state index contributed by atoms with van der Waals surface area (Å²) in [6.07, 6.45) is 0. The van der Waals surface area contributed by atoms with Crippen molar-refractivity contribution in [2.45, 2.75) is 6.92 Å². The van der Waals surface area contributed by atoms with Gasteiger partial charge in [0.2, 0.25) is 0 Å². The number of rotatable bonds is 0. The molecule has 0 spiro atoms. The van der Waals surface area contributed by atoms with Gasteiger partial charge in [-0.3, -0.25) is 5.41 Å². The van der Waals surface area contributed by atoms with Gasteiger partial charge in [-0.25, -0.2) is 0 Å². The molecule has 60 valence electrons. The molecule has 0 bridgehead atoms. The minimum Gasteiger partial charge on any atom is -0.373 e. The van der Waals surface area contributed by atoms with E-state index < -0.39 is 0 Å². The van der Waals surface area contributed by atoms with Crippen molar-refractivity contribution in [3.63, 3.8) is 0 Å². The third-order valence-electron chi connectivity index (χ3n) is 1.42. The molecule has 1 aliphatic rings. The second-order valence-electron chi connectivity index (χ2n) is 2.32. The summed E-state index contributed by atoms with van der Waals surface area (Å²) in [5.41, 5.74) is 0. The Kier molecular flexibility index (Phi) is 4.91. The lowest BCUT2D eigenvalue weighted by Gasteiger charge is -2.07. The molecule has 0 amide bonds. The highest BCUT2D eigenvalue weighted by Crippen LogP contribution is 2.10. The predicted molar refractivity (Wildman–Crippen MR) is 49.5 cm³/mol. The Bertz CT molecular complexity index is 118. The SMILES string of the molecule is CC1CSCCNC1=N.Cl. The quantitative estimate of drug-likeness (QED) is 0.591. The standard InChI is InChI=1S/C6H12N2S.ClH/c1-5-4-9-3-2-8-6(5)7;/h5H,2-4H2,1H3,(H2,7,8);1H. The van der Waals surface area contributed by atoms with E-state index in [1.165, 1.54) is 0 Å². The van der Waals surface area contributed by atoms with Gasteiger partial charge in [0.1, 0.15) is 0 Å². The molecule has 1 atom stereocenters. The van der Waals surface area contributed by atoms with E-state index in [0.29, 0.717) is 11.8 Å². The molecule has 0 saturated carbocycles. The van der Waals surface area contributed by atoms with Crippen molar-refractivity contribution < 1.29 is 0 Å². The largest absolute Gasteiger partial charge is 0.373 e. The molecule has 0 aromatic rings. The van der Waals surface area contributed by atoms with Gasteiger partial charge in [0.15, 0.2) is 0 Å². The number of halogens is 1. The van der Waals surface area contributed by atoms with Gasteiger partial charge in [0, 0.05) is 24.0 Å². The predicted octanol–water partition coefficient (Wildman–Crippen LogP) is 1.36. The van der Waals surface area contributed by atoms with Crippen LogP contribution in [0.2, 0.25) is 0 Å². The van der Waals surface area contributed by atoms with Crippen LogP contribution >= 0.6 is 24.2 Å². The summed E-state index contributed by atoms with van der Waals surface area (Å²) in [4.78, 5) is 0. The number of hydrogen-bond donors (Lipinski definition) is 2. The van der Waals surface area contributed by atoms with Crippen molar-refractivity contribution in [3.05, 3.63) is 0 Å². The zero-order chi connectivity index (χ0) is 6.69. The summed E-state index contributed by atoms with van der Waals surface area (Å²) >= 11 is 1.92. The fourth-order valence-corrected chi connectivity index (χ4v) is 1.71. The summed E-state index contributed by atoms with van der Waals surface area (Å²) in [6.45, 7) is 3.06. The van der Waals surface area contributed by atoms with Crippen LogP contribution in [-0.4, -0.2) is 23.9 Å². The van der Waals surface area contributed by atoms with Gasteiger partial charge in [-0.05, 0) is 0 Å². The van der Waals surface area contributed by atoms with Gasteiger partial charge >= 0.3 is 0 Å². The van der Waals surface area contributed by atoms with E-state index in [0.717, 1.165) is 18.1 Å². The van der Waals surface area contributed by atoms with Crippen molar-refractivity contribution in [3.8, 4) is 0 Å². The van der Waals surface area contributed by atoms with E-state index in [1.807, 2.05) is 11.8 Å². The number of amidine groups is 1. The number of hydrogen-bond acceptors (Lipinski definition) is 2. The highest BCUT2D eigenvalue weighted by molar-refractivity contribution is 7.99. The molecule has 0 aliphatic carbocycles. The lowest BCUT2D eigenvalue weighted by atomic mass is 10.2. The molecule has 1 rings (SSSR count). The monoisotopic (exact) mass is 180 g/mol. The van der Waals surface area contributed by atoms with E-state index in [2.05, 4.69) is 12.2 Å². The third kappa shape index (κ3) is 2.80. The van der Waals surface area contributed by atoms with E-state index >= 15 is 0 Å². The molecular weight excluding hydrogens is 168 g/mol. The average molecular weight is 181 g/mol. The van der Waals surface area contributed by atoms with Gasteiger partial charge in [-0.2, -0.15) is 11.8 Å². The first kappa shape index (κ1) is 10.1. The summed E-state index contributed by atoms with van der Waals surface area (Å²) in [5.74, 6) is 3.39. The van der Waals surface area contributed by atoms with E-state index in [-0.39, 0.29) is 12.4 Å². The first-order valence-corrected chi connectivity index (χ1v) is 4.36. The van der Waals surface area contributed by atoms with Gasteiger partial charge in [0.25, 0.3) is 0 Å². The summed E-state index contributed by atoms with van der Waals surface area (Å²) < 4.78 is 0. The molecule has 1 saturated heterocycles. The molecule has 0 aromatic heterocycles. The molecular formula is C6H13ClN2S. The Morgan fingerprint density at radius 3 is 3.10 bits per heavy atom. The van der Waals surface area contributed by atoms with Gasteiger partial charge < -0.3 is 5.32 Å². The maximum atomic E-state index is 7.41. The molecule has 1 aliphatic heterocycles. The minimum absolute atomic E-state index is 0. The Balaban J connectivity index is 0.000000810. The Morgan fingerprint density at radius 1 is 1.70 bits per heavy atom. The first-order chi connectivity index (χ1) is 4.30. The smallest absolute Gasteiger partial charge is 0.0969 e. The summed E-state index contributed by atoms with van der Waals surface area (Å²) in [7, 11) is 0. The molecule has 2 N–H and O–H groups in total. The van der Waals surface area contributed by atoms with Crippen molar-refractivity contribution in [1.29, 1.82) is 5.41 Å². The van der Waals surface area contributed by atoms with Crippen LogP contribution in [-0.2, 0) is 0 Å². The lowest BCUT2D eigenvalue weighted by Crippen LogP contribution is -2.28. The maximum absolute atomic E-state index is 7.41. The molecule has 1 unspecified atom stereocenters. The van der Waals surface area contributed by atoms with E-state index in [9.17, 15) is 0 Å².